The third-order valence-corrected chi connectivity index (χ3v) is 3.51. The molecule has 0 saturated heterocycles. The summed E-state index contributed by atoms with van der Waals surface area (Å²) in [4.78, 5) is 0. The molecule has 0 spiro atoms. The second kappa shape index (κ2) is 6.18. The van der Waals surface area contributed by atoms with Gasteiger partial charge in [0.2, 0.25) is 0 Å². The minimum Gasteiger partial charge on any atom is -0.384 e. The molecule has 0 radical (unpaired) electrons. The predicted octanol–water partition coefficient (Wildman–Crippen LogP) is 4.51. The van der Waals surface area contributed by atoms with Crippen molar-refractivity contribution < 1.29 is 9.50 Å². The summed E-state index contributed by atoms with van der Waals surface area (Å²) in [7, 11) is 0. The van der Waals surface area contributed by atoms with Crippen molar-refractivity contribution in [1.29, 1.82) is 0 Å². The standard InChI is InChI=1S/C16H16ClFO/c1-2-4-11-7-9-12(10-8-11)16(19)13-5-3-6-14(18)15(13)17/h3,5-10,16,19H,2,4H2,1H3. The summed E-state index contributed by atoms with van der Waals surface area (Å²) >= 11 is 5.88. The van der Waals surface area contributed by atoms with Gasteiger partial charge in [0.15, 0.2) is 0 Å². The van der Waals surface area contributed by atoms with Crippen LogP contribution in [0.2, 0.25) is 5.02 Å². The smallest absolute Gasteiger partial charge is 0.142 e. The minimum atomic E-state index is -0.904. The number of hydrogen-bond donors (Lipinski definition) is 1. The first kappa shape index (κ1) is 14.0. The third-order valence-electron chi connectivity index (χ3n) is 3.11. The Balaban J connectivity index is 2.28. The lowest BCUT2D eigenvalue weighted by Gasteiger charge is -2.14. The maximum absolute atomic E-state index is 13.4. The van der Waals surface area contributed by atoms with Crippen molar-refractivity contribution in [3.8, 4) is 0 Å². The summed E-state index contributed by atoms with van der Waals surface area (Å²) < 4.78 is 13.4. The van der Waals surface area contributed by atoms with E-state index in [2.05, 4.69) is 6.92 Å². The van der Waals surface area contributed by atoms with Gasteiger partial charge in [-0.25, -0.2) is 4.39 Å². The zero-order chi connectivity index (χ0) is 13.8. The van der Waals surface area contributed by atoms with Crippen molar-refractivity contribution in [3.05, 3.63) is 70.0 Å². The van der Waals surface area contributed by atoms with Crippen LogP contribution in [0.1, 0.15) is 36.1 Å². The van der Waals surface area contributed by atoms with Gasteiger partial charge in [-0.3, -0.25) is 0 Å². The van der Waals surface area contributed by atoms with Crippen LogP contribution in [-0.2, 0) is 6.42 Å². The quantitative estimate of drug-likeness (QED) is 0.872. The second-order valence-corrected chi connectivity index (χ2v) is 4.92. The monoisotopic (exact) mass is 278 g/mol. The summed E-state index contributed by atoms with van der Waals surface area (Å²) in [6, 6.07) is 12.1. The van der Waals surface area contributed by atoms with Gasteiger partial charge in [-0.1, -0.05) is 61.3 Å². The van der Waals surface area contributed by atoms with Crippen LogP contribution < -0.4 is 0 Å². The Kier molecular flexibility index (Phi) is 4.56. The van der Waals surface area contributed by atoms with Crippen LogP contribution in [0.15, 0.2) is 42.5 Å². The Labute approximate surface area is 117 Å². The Morgan fingerprint density at radius 1 is 1.16 bits per heavy atom. The zero-order valence-electron chi connectivity index (χ0n) is 10.7. The number of hydrogen-bond acceptors (Lipinski definition) is 1. The van der Waals surface area contributed by atoms with E-state index in [4.69, 9.17) is 11.6 Å². The molecule has 100 valence electrons. The molecule has 0 bridgehead atoms. The normalized spacial score (nSPS) is 12.4. The molecular formula is C16H16ClFO. The highest BCUT2D eigenvalue weighted by Gasteiger charge is 2.16. The fraction of sp³-hybridized carbons (Fsp3) is 0.250. The summed E-state index contributed by atoms with van der Waals surface area (Å²) in [6.45, 7) is 2.12. The SMILES string of the molecule is CCCc1ccc(C(O)c2cccc(F)c2Cl)cc1. The first-order valence-electron chi connectivity index (χ1n) is 6.34. The molecule has 0 saturated carbocycles. The van der Waals surface area contributed by atoms with E-state index in [0.717, 1.165) is 12.8 Å². The van der Waals surface area contributed by atoms with Crippen LogP contribution in [-0.4, -0.2) is 5.11 Å². The summed E-state index contributed by atoms with van der Waals surface area (Å²) in [5, 5.41) is 10.2. The van der Waals surface area contributed by atoms with E-state index in [1.807, 2.05) is 24.3 Å². The van der Waals surface area contributed by atoms with Gasteiger partial charge in [-0.2, -0.15) is 0 Å². The molecule has 3 heteroatoms. The van der Waals surface area contributed by atoms with E-state index in [9.17, 15) is 9.50 Å². The molecular weight excluding hydrogens is 263 g/mol. The maximum atomic E-state index is 13.4. The molecule has 19 heavy (non-hydrogen) atoms. The van der Waals surface area contributed by atoms with Crippen LogP contribution in [0.3, 0.4) is 0 Å². The van der Waals surface area contributed by atoms with Gasteiger partial charge in [0.05, 0.1) is 5.02 Å². The van der Waals surface area contributed by atoms with E-state index in [1.54, 1.807) is 12.1 Å². The van der Waals surface area contributed by atoms with E-state index in [1.165, 1.54) is 11.6 Å². The first-order valence-corrected chi connectivity index (χ1v) is 6.72. The average Bonchev–Trinajstić information content (AvgIpc) is 2.42. The topological polar surface area (TPSA) is 20.2 Å². The van der Waals surface area contributed by atoms with Crippen LogP contribution in [0, 0.1) is 5.82 Å². The van der Waals surface area contributed by atoms with Crippen molar-refractivity contribution in [2.45, 2.75) is 25.9 Å². The first-order chi connectivity index (χ1) is 9.13. The molecule has 2 aromatic rings. The van der Waals surface area contributed by atoms with Crippen molar-refractivity contribution in [1.82, 2.24) is 0 Å². The Morgan fingerprint density at radius 2 is 1.84 bits per heavy atom. The lowest BCUT2D eigenvalue weighted by Crippen LogP contribution is -2.01. The fourth-order valence-corrected chi connectivity index (χ4v) is 2.30. The molecule has 0 fully saturated rings. The molecule has 0 amide bonds. The zero-order valence-corrected chi connectivity index (χ0v) is 11.5. The molecule has 2 aromatic carbocycles. The molecule has 1 nitrogen and oxygen atoms in total. The van der Waals surface area contributed by atoms with Crippen molar-refractivity contribution in [2.24, 2.45) is 0 Å². The summed E-state index contributed by atoms with van der Waals surface area (Å²) in [5.41, 5.74) is 2.33. The van der Waals surface area contributed by atoms with Crippen molar-refractivity contribution in [3.63, 3.8) is 0 Å². The number of aliphatic hydroxyl groups is 1. The number of halogens is 2. The van der Waals surface area contributed by atoms with Gasteiger partial charge < -0.3 is 5.11 Å². The van der Waals surface area contributed by atoms with E-state index >= 15 is 0 Å². The fourth-order valence-electron chi connectivity index (χ4n) is 2.07. The van der Waals surface area contributed by atoms with Gasteiger partial charge in [0.25, 0.3) is 0 Å². The van der Waals surface area contributed by atoms with Crippen molar-refractivity contribution >= 4 is 11.6 Å². The summed E-state index contributed by atoms with van der Waals surface area (Å²) in [6.07, 6.45) is 1.19. The van der Waals surface area contributed by atoms with Crippen molar-refractivity contribution in [2.75, 3.05) is 0 Å². The maximum Gasteiger partial charge on any atom is 0.142 e. The number of rotatable bonds is 4. The molecule has 0 aliphatic rings. The van der Waals surface area contributed by atoms with Crippen LogP contribution in [0.4, 0.5) is 4.39 Å². The Bertz CT molecular complexity index is 551. The van der Waals surface area contributed by atoms with Crippen LogP contribution in [0.5, 0.6) is 0 Å². The predicted molar refractivity (Wildman–Crippen MR) is 75.9 cm³/mol. The van der Waals surface area contributed by atoms with Crippen LogP contribution >= 0.6 is 11.6 Å². The lowest BCUT2D eigenvalue weighted by molar-refractivity contribution is 0.220. The molecule has 0 heterocycles. The second-order valence-electron chi connectivity index (χ2n) is 4.54. The van der Waals surface area contributed by atoms with Crippen LogP contribution in [0.25, 0.3) is 0 Å². The molecule has 1 N–H and O–H groups in total. The Morgan fingerprint density at radius 3 is 2.47 bits per heavy atom. The van der Waals surface area contributed by atoms with E-state index < -0.39 is 11.9 Å². The Hall–Kier alpha value is -1.38. The van der Waals surface area contributed by atoms with Gasteiger partial charge in [0.1, 0.15) is 11.9 Å². The largest absolute Gasteiger partial charge is 0.384 e. The molecule has 1 atom stereocenters. The molecule has 0 aromatic heterocycles. The molecule has 1 unspecified atom stereocenters. The molecule has 0 aliphatic heterocycles. The third kappa shape index (κ3) is 3.14. The number of aliphatic hydroxyl groups excluding tert-OH is 1. The van der Waals surface area contributed by atoms with Gasteiger partial charge in [-0.15, -0.1) is 0 Å². The molecule has 0 aliphatic carbocycles. The highest BCUT2D eigenvalue weighted by molar-refractivity contribution is 6.31. The van der Waals surface area contributed by atoms with E-state index in [0.29, 0.717) is 11.1 Å². The highest BCUT2D eigenvalue weighted by Crippen LogP contribution is 2.30. The molecule has 2 rings (SSSR count). The average molecular weight is 279 g/mol. The minimum absolute atomic E-state index is 0.0207. The summed E-state index contributed by atoms with van der Waals surface area (Å²) in [5.74, 6) is -0.513. The van der Waals surface area contributed by atoms with Gasteiger partial charge in [-0.05, 0) is 23.6 Å². The van der Waals surface area contributed by atoms with Gasteiger partial charge >= 0.3 is 0 Å². The van der Waals surface area contributed by atoms with Gasteiger partial charge in [0, 0.05) is 5.56 Å². The number of benzene rings is 2. The van der Waals surface area contributed by atoms with E-state index in [-0.39, 0.29) is 5.02 Å². The lowest BCUT2D eigenvalue weighted by atomic mass is 9.99. The highest BCUT2D eigenvalue weighted by atomic mass is 35.5. The number of aryl methyl sites for hydroxylation is 1.